The molecule has 6 heteroatoms. The van der Waals surface area contributed by atoms with Crippen molar-refractivity contribution in [2.24, 2.45) is 0 Å². The predicted octanol–water partition coefficient (Wildman–Crippen LogP) is 6.05. The van der Waals surface area contributed by atoms with Gasteiger partial charge in [-0.3, -0.25) is 0 Å². The van der Waals surface area contributed by atoms with Crippen molar-refractivity contribution in [3.8, 4) is 17.6 Å². The summed E-state index contributed by atoms with van der Waals surface area (Å²) < 4.78 is 25.2. The zero-order chi connectivity index (χ0) is 22.5. The van der Waals surface area contributed by atoms with Gasteiger partial charge in [-0.2, -0.15) is 5.26 Å². The average molecular weight is 427 g/mol. The number of hydrogen-bond donors (Lipinski definition) is 1. The van der Waals surface area contributed by atoms with Gasteiger partial charge in [0, 0.05) is 0 Å². The van der Waals surface area contributed by atoms with Gasteiger partial charge in [0.05, 0.1) is 23.2 Å². The number of ether oxygens (including phenoxy) is 2. The van der Waals surface area contributed by atoms with E-state index >= 15 is 0 Å². The van der Waals surface area contributed by atoms with Crippen LogP contribution in [0.25, 0.3) is 22.7 Å². The number of nitrogens with one attached hydrogen (secondary N) is 1. The molecule has 0 fully saturated rings. The van der Waals surface area contributed by atoms with Gasteiger partial charge in [-0.1, -0.05) is 35.9 Å². The van der Waals surface area contributed by atoms with Gasteiger partial charge in [-0.15, -0.1) is 0 Å². The SMILES string of the molecule is CCOc1cc(/C=C(/C#N)c2nc3ccc(F)cc3[nH]2)ccc1OCc1cccc(C)c1. The number of imidazole rings is 1. The number of fused-ring (bicyclic) bond motifs is 1. The summed E-state index contributed by atoms with van der Waals surface area (Å²) in [5.74, 6) is 1.24. The fourth-order valence-corrected chi connectivity index (χ4v) is 3.39. The predicted molar refractivity (Wildman–Crippen MR) is 123 cm³/mol. The fraction of sp³-hybridized carbons (Fsp3) is 0.154. The maximum Gasteiger partial charge on any atom is 0.161 e. The number of nitriles is 1. The minimum Gasteiger partial charge on any atom is -0.490 e. The molecule has 1 aromatic heterocycles. The number of hydrogen-bond acceptors (Lipinski definition) is 4. The molecule has 0 saturated carbocycles. The lowest BCUT2D eigenvalue weighted by Crippen LogP contribution is -2.00. The maximum absolute atomic E-state index is 13.5. The van der Waals surface area contributed by atoms with Crippen LogP contribution in [-0.2, 0) is 6.61 Å². The Balaban J connectivity index is 1.61. The molecule has 0 aliphatic carbocycles. The third-order valence-corrected chi connectivity index (χ3v) is 4.87. The largest absolute Gasteiger partial charge is 0.490 e. The van der Waals surface area contributed by atoms with Crippen molar-refractivity contribution >= 4 is 22.7 Å². The Labute approximate surface area is 185 Å². The van der Waals surface area contributed by atoms with Crippen LogP contribution >= 0.6 is 0 Å². The van der Waals surface area contributed by atoms with Gasteiger partial charge in [0.1, 0.15) is 24.3 Å². The number of benzene rings is 3. The monoisotopic (exact) mass is 427 g/mol. The lowest BCUT2D eigenvalue weighted by atomic mass is 10.1. The second-order valence-electron chi connectivity index (χ2n) is 7.33. The number of rotatable bonds is 7. The first-order chi connectivity index (χ1) is 15.6. The van der Waals surface area contributed by atoms with E-state index in [2.05, 4.69) is 22.1 Å². The quantitative estimate of drug-likeness (QED) is 0.364. The van der Waals surface area contributed by atoms with E-state index in [1.54, 1.807) is 12.1 Å². The minimum atomic E-state index is -0.363. The van der Waals surface area contributed by atoms with E-state index in [0.29, 0.717) is 47.1 Å². The molecule has 5 nitrogen and oxygen atoms in total. The Kier molecular flexibility index (Phi) is 6.18. The maximum atomic E-state index is 13.5. The van der Waals surface area contributed by atoms with Gasteiger partial charge in [0.15, 0.2) is 11.5 Å². The van der Waals surface area contributed by atoms with E-state index in [4.69, 9.17) is 9.47 Å². The number of aromatic amines is 1. The zero-order valence-electron chi connectivity index (χ0n) is 17.9. The molecule has 1 N–H and O–H groups in total. The molecular formula is C26H22FN3O2. The first-order valence-corrected chi connectivity index (χ1v) is 10.3. The van der Waals surface area contributed by atoms with Crippen LogP contribution in [0.1, 0.15) is 29.4 Å². The third-order valence-electron chi connectivity index (χ3n) is 4.87. The van der Waals surface area contributed by atoms with Crippen molar-refractivity contribution in [3.63, 3.8) is 0 Å². The Morgan fingerprint density at radius 1 is 1.09 bits per heavy atom. The first kappa shape index (κ1) is 21.1. The molecule has 1 heterocycles. The second-order valence-corrected chi connectivity index (χ2v) is 7.33. The normalized spacial score (nSPS) is 11.4. The number of aromatic nitrogens is 2. The van der Waals surface area contributed by atoms with Crippen LogP contribution < -0.4 is 9.47 Å². The van der Waals surface area contributed by atoms with Crippen LogP contribution in [0.3, 0.4) is 0 Å². The number of halogens is 1. The second kappa shape index (κ2) is 9.36. The van der Waals surface area contributed by atoms with Crippen LogP contribution in [0.2, 0.25) is 0 Å². The lowest BCUT2D eigenvalue weighted by molar-refractivity contribution is 0.269. The Morgan fingerprint density at radius 3 is 2.75 bits per heavy atom. The van der Waals surface area contributed by atoms with Crippen molar-refractivity contribution in [1.82, 2.24) is 9.97 Å². The van der Waals surface area contributed by atoms with Gasteiger partial charge in [0.2, 0.25) is 0 Å². The Bertz CT molecular complexity index is 1330. The summed E-state index contributed by atoms with van der Waals surface area (Å²) in [6.07, 6.45) is 1.71. The summed E-state index contributed by atoms with van der Waals surface area (Å²) in [6, 6.07) is 20.1. The molecule has 0 saturated heterocycles. The molecule has 0 aliphatic heterocycles. The summed E-state index contributed by atoms with van der Waals surface area (Å²) in [6.45, 7) is 4.85. The van der Waals surface area contributed by atoms with Crippen molar-refractivity contribution in [1.29, 1.82) is 5.26 Å². The van der Waals surface area contributed by atoms with E-state index in [0.717, 1.165) is 11.1 Å². The summed E-state index contributed by atoms with van der Waals surface area (Å²) in [5.41, 5.74) is 4.48. The van der Waals surface area contributed by atoms with E-state index < -0.39 is 0 Å². The molecule has 0 spiro atoms. The molecule has 32 heavy (non-hydrogen) atoms. The lowest BCUT2D eigenvalue weighted by Gasteiger charge is -2.13. The number of allylic oxidation sites excluding steroid dienone is 1. The van der Waals surface area contributed by atoms with E-state index in [1.165, 1.54) is 17.7 Å². The minimum absolute atomic E-state index is 0.331. The van der Waals surface area contributed by atoms with Gasteiger partial charge >= 0.3 is 0 Å². The van der Waals surface area contributed by atoms with E-state index in [-0.39, 0.29) is 5.82 Å². The van der Waals surface area contributed by atoms with Gasteiger partial charge in [-0.25, -0.2) is 9.37 Å². The highest BCUT2D eigenvalue weighted by molar-refractivity contribution is 5.90. The Morgan fingerprint density at radius 2 is 1.97 bits per heavy atom. The average Bonchev–Trinajstić information content (AvgIpc) is 3.20. The summed E-state index contributed by atoms with van der Waals surface area (Å²) >= 11 is 0. The Hall–Kier alpha value is -4.11. The molecule has 0 radical (unpaired) electrons. The van der Waals surface area contributed by atoms with E-state index in [1.807, 2.05) is 50.2 Å². The van der Waals surface area contributed by atoms with Gasteiger partial charge < -0.3 is 14.5 Å². The summed E-state index contributed by atoms with van der Waals surface area (Å²) in [5, 5.41) is 9.67. The number of nitrogens with zero attached hydrogens (tertiary/aromatic N) is 2. The highest BCUT2D eigenvalue weighted by Gasteiger charge is 2.11. The van der Waals surface area contributed by atoms with Crippen LogP contribution in [0.15, 0.2) is 60.7 Å². The smallest absolute Gasteiger partial charge is 0.161 e. The summed E-state index contributed by atoms with van der Waals surface area (Å²) in [4.78, 5) is 7.40. The first-order valence-electron chi connectivity index (χ1n) is 10.3. The van der Waals surface area contributed by atoms with Gasteiger partial charge in [0.25, 0.3) is 0 Å². The summed E-state index contributed by atoms with van der Waals surface area (Å²) in [7, 11) is 0. The topological polar surface area (TPSA) is 70.9 Å². The van der Waals surface area contributed by atoms with Crippen LogP contribution in [0.5, 0.6) is 11.5 Å². The van der Waals surface area contributed by atoms with Crippen molar-refractivity contribution in [2.75, 3.05) is 6.61 Å². The number of aryl methyl sites for hydroxylation is 1. The highest BCUT2D eigenvalue weighted by Crippen LogP contribution is 2.31. The number of H-pyrrole nitrogens is 1. The van der Waals surface area contributed by atoms with Crippen molar-refractivity contribution in [2.45, 2.75) is 20.5 Å². The van der Waals surface area contributed by atoms with Crippen molar-refractivity contribution < 1.29 is 13.9 Å². The molecule has 0 unspecified atom stereocenters. The fourth-order valence-electron chi connectivity index (χ4n) is 3.39. The molecule has 0 atom stereocenters. The molecule has 0 amide bonds. The van der Waals surface area contributed by atoms with Crippen LogP contribution in [-0.4, -0.2) is 16.6 Å². The van der Waals surface area contributed by atoms with Crippen LogP contribution in [0.4, 0.5) is 4.39 Å². The van der Waals surface area contributed by atoms with Crippen molar-refractivity contribution in [3.05, 3.63) is 89.0 Å². The zero-order valence-corrected chi connectivity index (χ0v) is 17.9. The molecule has 3 aromatic carbocycles. The van der Waals surface area contributed by atoms with E-state index in [9.17, 15) is 9.65 Å². The van der Waals surface area contributed by atoms with Gasteiger partial charge in [-0.05, 0) is 61.4 Å². The molecular weight excluding hydrogens is 405 g/mol. The molecule has 4 rings (SSSR count). The highest BCUT2D eigenvalue weighted by atomic mass is 19.1. The molecule has 4 aromatic rings. The molecule has 0 bridgehead atoms. The van der Waals surface area contributed by atoms with Crippen LogP contribution in [0, 0.1) is 24.1 Å². The third kappa shape index (κ3) is 4.79. The molecule has 0 aliphatic rings. The molecule has 160 valence electrons. The standard InChI is InChI=1S/C26H22FN3O2/c1-3-31-25-13-18(7-10-24(25)32-16-19-6-4-5-17(2)11-19)12-20(15-28)26-29-22-9-8-21(27)14-23(22)30-26/h4-14H,3,16H2,1-2H3,(H,29,30)/b20-12-.